The molecule has 12 heteroatoms. The number of carboxylic acid groups (broad SMARTS) is 1. The number of nitrogens with one attached hydrogen (secondary N) is 2. The Labute approximate surface area is 188 Å². The lowest BCUT2D eigenvalue weighted by Gasteiger charge is -2.03. The zero-order valence-corrected chi connectivity index (χ0v) is 18.5. The summed E-state index contributed by atoms with van der Waals surface area (Å²) in [4.78, 5) is 50.7. The quantitative estimate of drug-likeness (QED) is 0.254. The fraction of sp³-hybridized carbons (Fsp3) is 0.333. The van der Waals surface area contributed by atoms with Crippen molar-refractivity contribution in [1.82, 2.24) is 14.5 Å². The predicted molar refractivity (Wildman–Crippen MR) is 114 cm³/mol. The molecule has 12 nitrogen and oxygen atoms in total. The summed E-state index contributed by atoms with van der Waals surface area (Å²) in [5.41, 5.74) is 1.35. The number of carboxylic acids is 1. The number of benzene rings is 1. The van der Waals surface area contributed by atoms with Crippen molar-refractivity contribution < 1.29 is 33.5 Å². The summed E-state index contributed by atoms with van der Waals surface area (Å²) in [5, 5.41) is 11.4. The summed E-state index contributed by atoms with van der Waals surface area (Å²) in [6.07, 6.45) is 1.73. The highest BCUT2D eigenvalue weighted by molar-refractivity contribution is 5.87. The van der Waals surface area contributed by atoms with Crippen LogP contribution < -0.4 is 20.5 Å². The first-order chi connectivity index (χ1) is 15.7. The molecule has 0 radical (unpaired) electrons. The standard InChI is InChI=1S/C19H21N5O5.C2H4O2/c1-13(25)20-19-21-17-16(18(27)22-19)23(10-15-6-4-3-5-7-15)11-24(17)12-28-8-9-29-14(2)26;1-2(3)4/h3-7,11H,8-10,12H2,1-2H3,(H-,20,21,22,25,27);1H3,(H,3,4). The van der Waals surface area contributed by atoms with Gasteiger partial charge in [0.1, 0.15) is 6.61 Å². The first kappa shape index (κ1) is 25.2. The number of esters is 1. The number of ether oxygens (including phenoxy) is 2. The molecule has 3 aromatic rings. The second-order valence-electron chi connectivity index (χ2n) is 6.84. The van der Waals surface area contributed by atoms with Gasteiger partial charge < -0.3 is 19.4 Å². The lowest BCUT2D eigenvalue weighted by atomic mass is 10.2. The lowest BCUT2D eigenvalue weighted by molar-refractivity contribution is -0.711. The van der Waals surface area contributed by atoms with Crippen LogP contribution in [0.3, 0.4) is 0 Å². The molecule has 0 spiro atoms. The van der Waals surface area contributed by atoms with Crippen molar-refractivity contribution in [1.29, 1.82) is 0 Å². The average Bonchev–Trinajstić information content (AvgIpc) is 3.05. The molecule has 0 unspecified atom stereocenters. The Balaban J connectivity index is 0.000000890. The van der Waals surface area contributed by atoms with Gasteiger partial charge in [-0.15, -0.1) is 0 Å². The van der Waals surface area contributed by atoms with Gasteiger partial charge in [0, 0.05) is 19.8 Å². The van der Waals surface area contributed by atoms with Crippen LogP contribution >= 0.6 is 0 Å². The van der Waals surface area contributed by atoms with Gasteiger partial charge >= 0.3 is 11.6 Å². The summed E-state index contributed by atoms with van der Waals surface area (Å²) in [7, 11) is 0. The number of imidazole rings is 1. The van der Waals surface area contributed by atoms with Crippen LogP contribution in [0.1, 0.15) is 26.3 Å². The molecule has 0 atom stereocenters. The molecule has 0 aliphatic rings. The maximum atomic E-state index is 12.7. The highest BCUT2D eigenvalue weighted by atomic mass is 16.6. The van der Waals surface area contributed by atoms with Crippen LogP contribution in [0.2, 0.25) is 0 Å². The van der Waals surface area contributed by atoms with Gasteiger partial charge in [-0.05, 0) is 12.5 Å². The largest absolute Gasteiger partial charge is 0.550 e. The molecule has 1 aromatic carbocycles. The second-order valence-corrected chi connectivity index (χ2v) is 6.84. The number of nitrogens with zero attached hydrogens (tertiary/aromatic N) is 3. The third kappa shape index (κ3) is 8.18. The van der Waals surface area contributed by atoms with Gasteiger partial charge in [0.15, 0.2) is 13.1 Å². The van der Waals surface area contributed by atoms with Crippen molar-refractivity contribution in [3.8, 4) is 0 Å². The molecule has 0 saturated carbocycles. The number of hydrogen-bond donors (Lipinski definition) is 2. The third-order valence-electron chi connectivity index (χ3n) is 3.97. The van der Waals surface area contributed by atoms with E-state index in [2.05, 4.69) is 15.3 Å². The number of carbonyl (C=O) groups excluding carboxylic acids is 3. The number of carbonyl (C=O) groups is 3. The molecule has 0 fully saturated rings. The molecule has 2 heterocycles. The zero-order valence-electron chi connectivity index (χ0n) is 18.5. The minimum Gasteiger partial charge on any atom is -0.550 e. The van der Waals surface area contributed by atoms with Gasteiger partial charge in [0.05, 0.1) is 13.2 Å². The minimum absolute atomic E-state index is 0.0566. The monoisotopic (exact) mass is 459 g/mol. The maximum Gasteiger partial charge on any atom is 0.313 e. The number of aromatic amines is 1. The van der Waals surface area contributed by atoms with Gasteiger partial charge in [-0.1, -0.05) is 35.3 Å². The maximum absolute atomic E-state index is 12.7. The number of aliphatic carboxylic acids is 1. The molecule has 0 aliphatic heterocycles. The fourth-order valence-electron chi connectivity index (χ4n) is 2.82. The van der Waals surface area contributed by atoms with Gasteiger partial charge in [-0.3, -0.25) is 29.3 Å². The van der Waals surface area contributed by atoms with E-state index in [4.69, 9.17) is 19.4 Å². The van der Waals surface area contributed by atoms with Crippen LogP contribution in [0, 0.1) is 0 Å². The molecular weight excluding hydrogens is 434 g/mol. The van der Waals surface area contributed by atoms with Crippen LogP contribution in [0.15, 0.2) is 41.5 Å². The molecular formula is C21H25N5O7. The number of aromatic nitrogens is 4. The van der Waals surface area contributed by atoms with E-state index in [-0.39, 0.29) is 43.3 Å². The van der Waals surface area contributed by atoms with Crippen LogP contribution in [0.4, 0.5) is 5.95 Å². The summed E-state index contributed by atoms with van der Waals surface area (Å²) < 4.78 is 13.8. The van der Waals surface area contributed by atoms with E-state index in [1.54, 1.807) is 15.5 Å². The van der Waals surface area contributed by atoms with Crippen molar-refractivity contribution in [2.75, 3.05) is 18.5 Å². The highest BCUT2D eigenvalue weighted by Crippen LogP contribution is 2.10. The SMILES string of the molecule is CC(=O)Nc1nc2c(c(=O)[nH]1)n(Cc1ccccc1)c[n+]2COCCOC(C)=O.CC(=O)[O-]. The smallest absolute Gasteiger partial charge is 0.313 e. The molecule has 2 aromatic heterocycles. The Morgan fingerprint density at radius 3 is 2.42 bits per heavy atom. The average molecular weight is 459 g/mol. The predicted octanol–water partition coefficient (Wildman–Crippen LogP) is -0.688. The summed E-state index contributed by atoms with van der Waals surface area (Å²) in [6.45, 7) is 4.50. The van der Waals surface area contributed by atoms with E-state index in [1.165, 1.54) is 13.8 Å². The summed E-state index contributed by atoms with van der Waals surface area (Å²) in [5.74, 6) is -1.75. The van der Waals surface area contributed by atoms with E-state index in [9.17, 15) is 14.4 Å². The van der Waals surface area contributed by atoms with Crippen LogP contribution in [0.5, 0.6) is 0 Å². The van der Waals surface area contributed by atoms with Gasteiger partial charge in [-0.25, -0.2) is 4.57 Å². The molecule has 176 valence electrons. The Bertz CT molecular complexity index is 1170. The van der Waals surface area contributed by atoms with E-state index in [0.29, 0.717) is 17.7 Å². The highest BCUT2D eigenvalue weighted by Gasteiger charge is 2.22. The topological polar surface area (TPSA) is 159 Å². The fourth-order valence-corrected chi connectivity index (χ4v) is 2.82. The first-order valence-corrected chi connectivity index (χ1v) is 9.90. The second kappa shape index (κ2) is 12.1. The van der Waals surface area contributed by atoms with Gasteiger partial charge in [0.25, 0.3) is 11.5 Å². The number of fused-ring (bicyclic) bond motifs is 1. The molecule has 3 rings (SSSR count). The lowest BCUT2D eigenvalue weighted by Crippen LogP contribution is -2.35. The van der Waals surface area contributed by atoms with Crippen molar-refractivity contribution in [2.45, 2.75) is 34.0 Å². The number of anilines is 1. The van der Waals surface area contributed by atoms with Crippen molar-refractivity contribution >= 4 is 35.0 Å². The Morgan fingerprint density at radius 2 is 1.82 bits per heavy atom. The first-order valence-electron chi connectivity index (χ1n) is 9.90. The summed E-state index contributed by atoms with van der Waals surface area (Å²) >= 11 is 0. The van der Waals surface area contributed by atoms with E-state index < -0.39 is 5.97 Å². The Kier molecular flexibility index (Phi) is 9.24. The van der Waals surface area contributed by atoms with Crippen LogP contribution in [-0.4, -0.2) is 45.6 Å². The Morgan fingerprint density at radius 1 is 1.15 bits per heavy atom. The molecule has 0 bridgehead atoms. The number of H-pyrrole nitrogens is 1. The summed E-state index contributed by atoms with van der Waals surface area (Å²) in [6, 6.07) is 9.68. The molecule has 0 saturated heterocycles. The minimum atomic E-state index is -1.08. The molecule has 1 amide bonds. The van der Waals surface area contributed by atoms with E-state index >= 15 is 0 Å². The number of amides is 1. The van der Waals surface area contributed by atoms with E-state index in [1.807, 2.05) is 30.3 Å². The Hall–Kier alpha value is -4.06. The molecule has 2 N–H and O–H groups in total. The van der Waals surface area contributed by atoms with E-state index in [0.717, 1.165) is 12.5 Å². The normalized spacial score (nSPS) is 10.3. The van der Waals surface area contributed by atoms with Crippen molar-refractivity contribution in [3.05, 3.63) is 52.6 Å². The third-order valence-corrected chi connectivity index (χ3v) is 3.97. The number of rotatable bonds is 8. The number of hydrogen-bond acceptors (Lipinski definition) is 8. The zero-order chi connectivity index (χ0) is 24.4. The van der Waals surface area contributed by atoms with Gasteiger partial charge in [0.2, 0.25) is 11.4 Å². The van der Waals surface area contributed by atoms with Crippen molar-refractivity contribution in [3.63, 3.8) is 0 Å². The van der Waals surface area contributed by atoms with Crippen molar-refractivity contribution in [2.24, 2.45) is 0 Å². The molecule has 33 heavy (non-hydrogen) atoms. The van der Waals surface area contributed by atoms with Gasteiger partial charge in [-0.2, -0.15) is 0 Å². The van der Waals surface area contributed by atoms with Crippen LogP contribution in [-0.2, 0) is 37.1 Å². The van der Waals surface area contributed by atoms with Crippen LogP contribution in [0.25, 0.3) is 11.2 Å². The molecule has 0 aliphatic carbocycles.